The largest absolute Gasteiger partial charge is 0.364 e. The van der Waals surface area contributed by atoms with Crippen molar-refractivity contribution in [3.63, 3.8) is 0 Å². The molecule has 0 amide bonds. The summed E-state index contributed by atoms with van der Waals surface area (Å²) in [7, 11) is 0. The fourth-order valence-electron chi connectivity index (χ4n) is 3.87. The second-order valence-corrected chi connectivity index (χ2v) is 7.68. The van der Waals surface area contributed by atoms with E-state index in [1.165, 1.54) is 0 Å². The Morgan fingerprint density at radius 1 is 1.21 bits per heavy atom. The highest BCUT2D eigenvalue weighted by Crippen LogP contribution is 2.49. The first-order valence-corrected chi connectivity index (χ1v) is 10.1. The number of aromatic nitrogens is 1. The van der Waals surface area contributed by atoms with Crippen LogP contribution in [0.15, 0.2) is 46.1 Å². The minimum Gasteiger partial charge on any atom is -0.364 e. The standard InChI is InChI=1S/C21H28FN5O.HI/c1-2-23-20(24-16-21(8-9-21)18-5-3-4-6-19(18)22)27-12-10-26(11-13-27)15-17-7-14-28-25-17;/h3-7,14H,2,8-13,15-16H2,1H3,(H,23,24);1H. The molecule has 1 N–H and O–H groups in total. The molecule has 2 heterocycles. The van der Waals surface area contributed by atoms with Gasteiger partial charge < -0.3 is 14.7 Å². The maximum absolute atomic E-state index is 14.3. The minimum atomic E-state index is -0.124. The van der Waals surface area contributed by atoms with Gasteiger partial charge >= 0.3 is 0 Å². The highest BCUT2D eigenvalue weighted by Gasteiger charge is 2.46. The minimum absolute atomic E-state index is 0. The van der Waals surface area contributed by atoms with Gasteiger partial charge in [-0.1, -0.05) is 23.4 Å². The molecule has 1 aliphatic carbocycles. The van der Waals surface area contributed by atoms with Crippen LogP contribution >= 0.6 is 24.0 Å². The van der Waals surface area contributed by atoms with E-state index in [9.17, 15) is 4.39 Å². The number of aliphatic imine (C=N–C) groups is 1. The molecule has 0 bridgehead atoms. The lowest BCUT2D eigenvalue weighted by molar-refractivity contribution is 0.169. The predicted molar refractivity (Wildman–Crippen MR) is 122 cm³/mol. The van der Waals surface area contributed by atoms with Crippen molar-refractivity contribution in [1.29, 1.82) is 0 Å². The molecule has 0 radical (unpaired) electrons. The highest BCUT2D eigenvalue weighted by molar-refractivity contribution is 14.0. The molecule has 4 rings (SSSR count). The van der Waals surface area contributed by atoms with Crippen molar-refractivity contribution in [1.82, 2.24) is 20.3 Å². The van der Waals surface area contributed by atoms with Crippen molar-refractivity contribution in [3.8, 4) is 0 Å². The number of hydrogen-bond donors (Lipinski definition) is 1. The summed E-state index contributed by atoms with van der Waals surface area (Å²) in [5.74, 6) is 0.827. The zero-order valence-electron chi connectivity index (χ0n) is 16.8. The van der Waals surface area contributed by atoms with Gasteiger partial charge in [-0.05, 0) is 31.4 Å². The molecule has 2 fully saturated rings. The number of benzene rings is 1. The normalized spacial score (nSPS) is 19.0. The van der Waals surface area contributed by atoms with Crippen molar-refractivity contribution < 1.29 is 8.91 Å². The second-order valence-electron chi connectivity index (χ2n) is 7.68. The number of piperazine rings is 1. The fraction of sp³-hybridized carbons (Fsp3) is 0.524. The van der Waals surface area contributed by atoms with E-state index in [-0.39, 0.29) is 35.2 Å². The Labute approximate surface area is 188 Å². The van der Waals surface area contributed by atoms with Crippen LogP contribution < -0.4 is 5.32 Å². The molecule has 1 aromatic heterocycles. The fourth-order valence-corrected chi connectivity index (χ4v) is 3.87. The van der Waals surface area contributed by atoms with E-state index < -0.39 is 0 Å². The zero-order valence-corrected chi connectivity index (χ0v) is 19.1. The Kier molecular flexibility index (Phi) is 7.50. The SMILES string of the molecule is CCNC(=NCC1(c2ccccc2F)CC1)N1CCN(Cc2ccon2)CC1.I. The zero-order chi connectivity index (χ0) is 19.4. The van der Waals surface area contributed by atoms with E-state index in [2.05, 4.69) is 27.2 Å². The van der Waals surface area contributed by atoms with Gasteiger partial charge in [-0.15, -0.1) is 24.0 Å². The molecule has 0 atom stereocenters. The van der Waals surface area contributed by atoms with Crippen LogP contribution in [-0.2, 0) is 12.0 Å². The van der Waals surface area contributed by atoms with Gasteiger partial charge in [0.25, 0.3) is 0 Å². The first-order valence-electron chi connectivity index (χ1n) is 10.1. The van der Waals surface area contributed by atoms with E-state index in [4.69, 9.17) is 9.52 Å². The summed E-state index contributed by atoms with van der Waals surface area (Å²) >= 11 is 0. The summed E-state index contributed by atoms with van der Waals surface area (Å²) in [5, 5.41) is 7.41. The molecule has 29 heavy (non-hydrogen) atoms. The number of nitrogens with one attached hydrogen (secondary N) is 1. The van der Waals surface area contributed by atoms with Gasteiger partial charge in [0.15, 0.2) is 5.96 Å². The van der Waals surface area contributed by atoms with Gasteiger partial charge in [0.1, 0.15) is 12.1 Å². The molecule has 0 unspecified atom stereocenters. The Morgan fingerprint density at radius 3 is 2.59 bits per heavy atom. The lowest BCUT2D eigenvalue weighted by atomic mass is 9.95. The van der Waals surface area contributed by atoms with Crippen molar-refractivity contribution in [2.24, 2.45) is 4.99 Å². The van der Waals surface area contributed by atoms with Crippen molar-refractivity contribution in [2.45, 2.75) is 31.7 Å². The van der Waals surface area contributed by atoms with Crippen LogP contribution in [0.1, 0.15) is 31.0 Å². The molecule has 1 aromatic carbocycles. The van der Waals surface area contributed by atoms with Crippen molar-refractivity contribution in [3.05, 3.63) is 53.7 Å². The Balaban J connectivity index is 0.00000240. The third kappa shape index (κ3) is 5.28. The summed E-state index contributed by atoms with van der Waals surface area (Å²) in [6.45, 7) is 8.09. The second kappa shape index (κ2) is 9.88. The Morgan fingerprint density at radius 2 is 1.97 bits per heavy atom. The van der Waals surface area contributed by atoms with Crippen molar-refractivity contribution in [2.75, 3.05) is 39.3 Å². The first kappa shape index (κ1) is 22.0. The number of rotatable bonds is 6. The summed E-state index contributed by atoms with van der Waals surface area (Å²) in [4.78, 5) is 9.59. The van der Waals surface area contributed by atoms with E-state index in [0.717, 1.165) is 69.3 Å². The molecule has 2 aliphatic rings. The van der Waals surface area contributed by atoms with Gasteiger partial charge in [-0.2, -0.15) is 0 Å². The molecule has 6 nitrogen and oxygen atoms in total. The van der Waals surface area contributed by atoms with Crippen LogP contribution in [0.25, 0.3) is 0 Å². The predicted octanol–water partition coefficient (Wildman–Crippen LogP) is 3.25. The topological polar surface area (TPSA) is 56.9 Å². The third-order valence-electron chi connectivity index (χ3n) is 5.71. The maximum atomic E-state index is 14.3. The van der Waals surface area contributed by atoms with Crippen molar-refractivity contribution >= 4 is 29.9 Å². The molecule has 1 aliphatic heterocycles. The van der Waals surface area contributed by atoms with Gasteiger partial charge in [-0.3, -0.25) is 9.89 Å². The number of halogens is 2. The average Bonchev–Trinajstić information content (AvgIpc) is 3.32. The number of nitrogens with zero attached hydrogens (tertiary/aromatic N) is 4. The molecule has 1 saturated heterocycles. The van der Waals surface area contributed by atoms with E-state index >= 15 is 0 Å². The average molecular weight is 513 g/mol. The van der Waals surface area contributed by atoms with Crippen LogP contribution in [0.5, 0.6) is 0 Å². The first-order chi connectivity index (χ1) is 13.7. The third-order valence-corrected chi connectivity index (χ3v) is 5.71. The van der Waals surface area contributed by atoms with Crippen LogP contribution in [0, 0.1) is 5.82 Å². The molecule has 2 aromatic rings. The van der Waals surface area contributed by atoms with Crippen LogP contribution in [0.4, 0.5) is 4.39 Å². The van der Waals surface area contributed by atoms with Gasteiger partial charge in [0, 0.05) is 50.7 Å². The summed E-state index contributed by atoms with van der Waals surface area (Å²) in [6.07, 6.45) is 3.62. The lowest BCUT2D eigenvalue weighted by Gasteiger charge is -2.36. The van der Waals surface area contributed by atoms with Gasteiger partial charge in [0.05, 0.1) is 12.2 Å². The van der Waals surface area contributed by atoms with Gasteiger partial charge in [-0.25, -0.2) is 4.39 Å². The van der Waals surface area contributed by atoms with Crippen LogP contribution in [0.3, 0.4) is 0 Å². The molecule has 0 spiro atoms. The summed E-state index contributed by atoms with van der Waals surface area (Å²) in [6, 6.07) is 9.05. The number of hydrogen-bond acceptors (Lipinski definition) is 4. The lowest BCUT2D eigenvalue weighted by Crippen LogP contribution is -2.52. The van der Waals surface area contributed by atoms with Crippen LogP contribution in [0.2, 0.25) is 0 Å². The molecule has 8 heteroatoms. The smallest absolute Gasteiger partial charge is 0.194 e. The maximum Gasteiger partial charge on any atom is 0.194 e. The van der Waals surface area contributed by atoms with E-state index in [0.29, 0.717) is 6.54 Å². The molecule has 158 valence electrons. The Hall–Kier alpha value is -1.68. The molecular formula is C21H29FIN5O. The number of guanidine groups is 1. The van der Waals surface area contributed by atoms with Crippen LogP contribution in [-0.4, -0.2) is 60.2 Å². The van der Waals surface area contributed by atoms with E-state index in [1.54, 1.807) is 18.4 Å². The highest BCUT2D eigenvalue weighted by atomic mass is 127. The molecular weight excluding hydrogens is 484 g/mol. The summed E-state index contributed by atoms with van der Waals surface area (Å²) < 4.78 is 19.2. The Bertz CT molecular complexity index is 801. The molecule has 1 saturated carbocycles. The van der Waals surface area contributed by atoms with Gasteiger partial charge in [0.2, 0.25) is 0 Å². The quantitative estimate of drug-likeness (QED) is 0.365. The summed E-state index contributed by atoms with van der Waals surface area (Å²) in [5.41, 5.74) is 1.66. The monoisotopic (exact) mass is 513 g/mol. The van der Waals surface area contributed by atoms with E-state index in [1.807, 2.05) is 18.2 Å².